The molecule has 0 saturated heterocycles. The van der Waals surface area contributed by atoms with Crippen molar-refractivity contribution >= 4 is 11.9 Å². The molecule has 1 N–H and O–H groups in total. The Kier molecular flexibility index (Phi) is 5.25. The molecule has 1 aromatic carbocycles. The number of esters is 1. The van der Waals surface area contributed by atoms with Gasteiger partial charge in [0.25, 0.3) is 0 Å². The number of carbonyl (C=O) groups is 2. The van der Waals surface area contributed by atoms with Crippen molar-refractivity contribution in [3.8, 4) is 0 Å². The largest absolute Gasteiger partial charge is 0.480 e. The molecule has 0 radical (unpaired) electrons. The molecule has 1 rings (SSSR count). The van der Waals surface area contributed by atoms with Crippen molar-refractivity contribution in [3.05, 3.63) is 35.6 Å². The van der Waals surface area contributed by atoms with Crippen LogP contribution in [0.3, 0.4) is 0 Å². The summed E-state index contributed by atoms with van der Waals surface area (Å²) >= 11 is 0. The maximum Gasteiger partial charge on any atom is 0.328 e. The molecule has 1 unspecified atom stereocenters. The third-order valence-electron chi connectivity index (χ3n) is 3.04. The third kappa shape index (κ3) is 2.98. The van der Waals surface area contributed by atoms with E-state index in [0.29, 0.717) is 0 Å². The van der Waals surface area contributed by atoms with E-state index < -0.39 is 23.2 Å². The Morgan fingerprint density at radius 3 is 2.40 bits per heavy atom. The molecular formula is C15H19FO4. The Labute approximate surface area is 117 Å². The normalized spacial score (nSPS) is 13.8. The van der Waals surface area contributed by atoms with Crippen LogP contribution in [0.5, 0.6) is 0 Å². The summed E-state index contributed by atoms with van der Waals surface area (Å²) in [6.45, 7) is 5.18. The van der Waals surface area contributed by atoms with Crippen LogP contribution in [0.1, 0.15) is 32.8 Å². The topological polar surface area (TPSA) is 63.6 Å². The standard InChI is InChI=1S/C15H19FO4/c1-4-20-14(19)15(13(17)18,9-10(2)3)11-7-5-6-8-12(11)16/h5-8,10H,4,9H2,1-3H3,(H,17,18). The third-order valence-corrected chi connectivity index (χ3v) is 3.04. The summed E-state index contributed by atoms with van der Waals surface area (Å²) in [4.78, 5) is 24.0. The second-order valence-electron chi connectivity index (χ2n) is 5.01. The molecule has 0 bridgehead atoms. The molecule has 110 valence electrons. The van der Waals surface area contributed by atoms with Crippen molar-refractivity contribution in [1.29, 1.82) is 0 Å². The minimum absolute atomic E-state index is 0.0257. The van der Waals surface area contributed by atoms with Crippen LogP contribution in [0.15, 0.2) is 24.3 Å². The van der Waals surface area contributed by atoms with Gasteiger partial charge in [-0.3, -0.25) is 9.59 Å². The molecule has 5 heteroatoms. The van der Waals surface area contributed by atoms with E-state index in [1.807, 2.05) is 0 Å². The van der Waals surface area contributed by atoms with Crippen LogP contribution in [0.2, 0.25) is 0 Å². The summed E-state index contributed by atoms with van der Waals surface area (Å²) in [5.74, 6) is -3.15. The van der Waals surface area contributed by atoms with E-state index in [-0.39, 0.29) is 24.5 Å². The van der Waals surface area contributed by atoms with Crippen molar-refractivity contribution in [2.24, 2.45) is 5.92 Å². The summed E-state index contributed by atoms with van der Waals surface area (Å²) in [6.07, 6.45) is -0.0257. The molecule has 0 aromatic heterocycles. The summed E-state index contributed by atoms with van der Waals surface area (Å²) in [5, 5.41) is 9.58. The lowest BCUT2D eigenvalue weighted by molar-refractivity contribution is -0.162. The molecule has 0 aliphatic carbocycles. The fourth-order valence-corrected chi connectivity index (χ4v) is 2.27. The van der Waals surface area contributed by atoms with E-state index in [1.165, 1.54) is 18.2 Å². The summed E-state index contributed by atoms with van der Waals surface area (Å²) in [5.41, 5.74) is -2.16. The van der Waals surface area contributed by atoms with Gasteiger partial charge in [-0.15, -0.1) is 0 Å². The molecule has 0 aliphatic heterocycles. The van der Waals surface area contributed by atoms with Crippen LogP contribution in [-0.2, 0) is 19.7 Å². The van der Waals surface area contributed by atoms with E-state index in [1.54, 1.807) is 20.8 Å². The molecule has 4 nitrogen and oxygen atoms in total. The first-order valence-corrected chi connectivity index (χ1v) is 6.51. The zero-order valence-electron chi connectivity index (χ0n) is 11.9. The summed E-state index contributed by atoms with van der Waals surface area (Å²) < 4.78 is 18.9. The van der Waals surface area contributed by atoms with Gasteiger partial charge in [-0.05, 0) is 25.3 Å². The lowest BCUT2D eigenvalue weighted by Crippen LogP contribution is -2.46. The van der Waals surface area contributed by atoms with Crippen molar-refractivity contribution in [3.63, 3.8) is 0 Å². The number of carbonyl (C=O) groups excluding carboxylic acids is 1. The SMILES string of the molecule is CCOC(=O)C(CC(C)C)(C(=O)O)c1ccccc1F. The Bertz CT molecular complexity index is 498. The predicted octanol–water partition coefficient (Wildman–Crippen LogP) is 2.76. The molecule has 0 spiro atoms. The summed E-state index contributed by atoms with van der Waals surface area (Å²) in [6, 6.07) is 5.43. The van der Waals surface area contributed by atoms with Crippen LogP contribution >= 0.6 is 0 Å². The lowest BCUT2D eigenvalue weighted by atomic mass is 9.74. The maximum atomic E-state index is 14.0. The van der Waals surface area contributed by atoms with Crippen LogP contribution in [-0.4, -0.2) is 23.7 Å². The Morgan fingerprint density at radius 2 is 1.95 bits per heavy atom. The van der Waals surface area contributed by atoms with Gasteiger partial charge in [-0.2, -0.15) is 0 Å². The van der Waals surface area contributed by atoms with E-state index in [0.717, 1.165) is 6.07 Å². The van der Waals surface area contributed by atoms with E-state index in [4.69, 9.17) is 4.74 Å². The monoisotopic (exact) mass is 282 g/mol. The van der Waals surface area contributed by atoms with Gasteiger partial charge < -0.3 is 9.84 Å². The van der Waals surface area contributed by atoms with Crippen LogP contribution in [0.4, 0.5) is 4.39 Å². The van der Waals surface area contributed by atoms with Gasteiger partial charge in [0.1, 0.15) is 5.82 Å². The van der Waals surface area contributed by atoms with Gasteiger partial charge >= 0.3 is 11.9 Å². The van der Waals surface area contributed by atoms with Gasteiger partial charge in [0.2, 0.25) is 0 Å². The first kappa shape index (κ1) is 16.1. The van der Waals surface area contributed by atoms with Gasteiger partial charge in [-0.25, -0.2) is 4.39 Å². The number of carboxylic acids is 1. The average Bonchev–Trinajstić information content (AvgIpc) is 2.36. The van der Waals surface area contributed by atoms with Crippen molar-refractivity contribution in [2.45, 2.75) is 32.6 Å². The Hall–Kier alpha value is -1.91. The minimum atomic E-state index is -2.00. The molecular weight excluding hydrogens is 263 g/mol. The molecule has 1 atom stereocenters. The zero-order chi connectivity index (χ0) is 15.3. The number of benzene rings is 1. The van der Waals surface area contributed by atoms with Crippen LogP contribution in [0, 0.1) is 11.7 Å². The highest BCUT2D eigenvalue weighted by Gasteiger charge is 2.51. The van der Waals surface area contributed by atoms with E-state index >= 15 is 0 Å². The molecule has 0 amide bonds. The average molecular weight is 282 g/mol. The van der Waals surface area contributed by atoms with Crippen molar-refractivity contribution < 1.29 is 23.8 Å². The molecule has 0 fully saturated rings. The molecule has 0 heterocycles. The number of ether oxygens (including phenoxy) is 1. The molecule has 20 heavy (non-hydrogen) atoms. The van der Waals surface area contributed by atoms with Crippen LogP contribution in [0.25, 0.3) is 0 Å². The molecule has 0 aliphatic rings. The van der Waals surface area contributed by atoms with E-state index in [9.17, 15) is 19.1 Å². The second-order valence-corrected chi connectivity index (χ2v) is 5.01. The Balaban J connectivity index is 3.49. The first-order chi connectivity index (χ1) is 9.36. The van der Waals surface area contributed by atoms with Crippen molar-refractivity contribution in [1.82, 2.24) is 0 Å². The maximum absolute atomic E-state index is 14.0. The van der Waals surface area contributed by atoms with Gasteiger partial charge in [0.15, 0.2) is 5.41 Å². The van der Waals surface area contributed by atoms with Crippen molar-refractivity contribution in [2.75, 3.05) is 6.61 Å². The number of hydrogen-bond donors (Lipinski definition) is 1. The lowest BCUT2D eigenvalue weighted by Gasteiger charge is -2.29. The first-order valence-electron chi connectivity index (χ1n) is 6.51. The highest BCUT2D eigenvalue weighted by molar-refractivity contribution is 6.05. The van der Waals surface area contributed by atoms with Gasteiger partial charge in [0, 0.05) is 5.56 Å². The molecule has 1 aromatic rings. The number of aliphatic carboxylic acids is 1. The quantitative estimate of drug-likeness (QED) is 0.643. The number of halogens is 1. The van der Waals surface area contributed by atoms with Crippen LogP contribution < -0.4 is 0 Å². The molecule has 0 saturated carbocycles. The summed E-state index contributed by atoms with van der Waals surface area (Å²) in [7, 11) is 0. The van der Waals surface area contributed by atoms with E-state index in [2.05, 4.69) is 0 Å². The minimum Gasteiger partial charge on any atom is -0.480 e. The number of carboxylic acid groups (broad SMARTS) is 1. The highest BCUT2D eigenvalue weighted by Crippen LogP contribution is 2.35. The Morgan fingerprint density at radius 1 is 1.35 bits per heavy atom. The predicted molar refractivity (Wildman–Crippen MR) is 71.8 cm³/mol. The number of rotatable bonds is 6. The second kappa shape index (κ2) is 6.50. The zero-order valence-corrected chi connectivity index (χ0v) is 11.9. The van der Waals surface area contributed by atoms with Gasteiger partial charge in [-0.1, -0.05) is 32.0 Å². The smallest absolute Gasteiger partial charge is 0.328 e. The highest BCUT2D eigenvalue weighted by atomic mass is 19.1. The number of hydrogen-bond acceptors (Lipinski definition) is 3. The fourth-order valence-electron chi connectivity index (χ4n) is 2.27. The fraction of sp³-hybridized carbons (Fsp3) is 0.467. The van der Waals surface area contributed by atoms with Gasteiger partial charge in [0.05, 0.1) is 6.61 Å².